The van der Waals surface area contributed by atoms with Gasteiger partial charge in [0.25, 0.3) is 0 Å². The largest absolute Gasteiger partial charge is 0.478 e. The van der Waals surface area contributed by atoms with Crippen LogP contribution in [0.3, 0.4) is 0 Å². The molecular weight excluding hydrogens is 270 g/mol. The van der Waals surface area contributed by atoms with Gasteiger partial charge in [0.2, 0.25) is 0 Å². The number of aryl methyl sites for hydroxylation is 1. The molecule has 0 aromatic carbocycles. The molecule has 2 heterocycles. The summed E-state index contributed by atoms with van der Waals surface area (Å²) in [4.78, 5) is 13.0. The third-order valence-corrected chi connectivity index (χ3v) is 4.90. The van der Waals surface area contributed by atoms with Crippen LogP contribution in [0.5, 0.6) is 0 Å². The normalized spacial score (nSPS) is 18.3. The van der Waals surface area contributed by atoms with Crippen molar-refractivity contribution in [2.45, 2.75) is 13.8 Å². The summed E-state index contributed by atoms with van der Waals surface area (Å²) in [6, 6.07) is 0. The molecule has 0 radical (unpaired) electrons. The summed E-state index contributed by atoms with van der Waals surface area (Å²) in [5, 5.41) is 17.2. The highest BCUT2D eigenvalue weighted by atomic mass is 32.2. The van der Waals surface area contributed by atoms with Crippen LogP contribution in [0.15, 0.2) is 0 Å². The molecule has 1 aliphatic rings. The summed E-state index contributed by atoms with van der Waals surface area (Å²) in [7, 11) is -3.01. The molecule has 0 amide bonds. The molecule has 1 saturated heterocycles. The van der Waals surface area contributed by atoms with Gasteiger partial charge >= 0.3 is 5.97 Å². The first-order chi connectivity index (χ1) is 8.82. The average molecular weight is 285 g/mol. The van der Waals surface area contributed by atoms with Crippen molar-refractivity contribution < 1.29 is 18.3 Å². The molecule has 19 heavy (non-hydrogen) atoms. The van der Waals surface area contributed by atoms with E-state index in [4.69, 9.17) is 0 Å². The zero-order valence-electron chi connectivity index (χ0n) is 10.8. The number of nitrogens with zero attached hydrogens (tertiary/aromatic N) is 3. The minimum absolute atomic E-state index is 0.0145. The molecule has 7 nitrogen and oxygen atoms in total. The fraction of sp³-hybridized carbons (Fsp3) is 0.545. The smallest absolute Gasteiger partial charge is 0.339 e. The molecule has 0 atom stereocenters. The van der Waals surface area contributed by atoms with E-state index in [1.54, 1.807) is 18.7 Å². The summed E-state index contributed by atoms with van der Waals surface area (Å²) in [5.41, 5.74) is 1.23. The number of carbonyl (C=O) groups is 1. The van der Waals surface area contributed by atoms with E-state index in [1.165, 1.54) is 0 Å². The number of carboxylic acids is 1. The van der Waals surface area contributed by atoms with Gasteiger partial charge in [0, 0.05) is 13.1 Å². The van der Waals surface area contributed by atoms with E-state index in [2.05, 4.69) is 10.2 Å². The first-order valence-corrected chi connectivity index (χ1v) is 7.66. The Labute approximate surface area is 111 Å². The monoisotopic (exact) mass is 285 g/mol. The topological polar surface area (TPSA) is 100 Å². The Kier molecular flexibility index (Phi) is 3.44. The third-order valence-electron chi connectivity index (χ3n) is 3.29. The number of hydrogen-bond acceptors (Lipinski definition) is 6. The van der Waals surface area contributed by atoms with Crippen molar-refractivity contribution in [2.24, 2.45) is 0 Å². The Hall–Kier alpha value is -1.70. The molecule has 1 N–H and O–H groups in total. The fourth-order valence-electron chi connectivity index (χ4n) is 2.00. The molecule has 1 aromatic heterocycles. The van der Waals surface area contributed by atoms with Gasteiger partial charge in [-0.3, -0.25) is 0 Å². The molecule has 0 unspecified atom stereocenters. The van der Waals surface area contributed by atoms with Crippen molar-refractivity contribution >= 4 is 21.6 Å². The van der Waals surface area contributed by atoms with Gasteiger partial charge in [0.15, 0.2) is 15.7 Å². The minimum Gasteiger partial charge on any atom is -0.478 e. The van der Waals surface area contributed by atoms with Gasteiger partial charge in [-0.05, 0) is 19.4 Å². The molecule has 2 rings (SSSR count). The van der Waals surface area contributed by atoms with Crippen LogP contribution in [-0.2, 0) is 9.84 Å². The second-order valence-corrected chi connectivity index (χ2v) is 6.86. The first-order valence-electron chi connectivity index (χ1n) is 5.84. The van der Waals surface area contributed by atoms with E-state index in [-0.39, 0.29) is 36.0 Å². The standard InChI is InChI=1S/C11H15N3O4S/c1-7-8(2)12-13-10(9(7)11(15)16)14-3-5-19(17,18)6-4-14/h3-6H2,1-2H3,(H,15,16). The summed E-state index contributed by atoms with van der Waals surface area (Å²) in [5.74, 6) is -0.786. The van der Waals surface area contributed by atoms with E-state index < -0.39 is 15.8 Å². The van der Waals surface area contributed by atoms with Crippen LogP contribution in [0, 0.1) is 13.8 Å². The Morgan fingerprint density at radius 1 is 1.21 bits per heavy atom. The first kappa shape index (κ1) is 13.7. The minimum atomic E-state index is -3.01. The highest BCUT2D eigenvalue weighted by molar-refractivity contribution is 7.91. The molecule has 8 heteroatoms. The number of sulfone groups is 1. The Morgan fingerprint density at radius 2 is 1.79 bits per heavy atom. The number of carboxylic acid groups (broad SMARTS) is 1. The fourth-order valence-corrected chi connectivity index (χ4v) is 3.20. The SMILES string of the molecule is Cc1nnc(N2CCS(=O)(=O)CC2)c(C(=O)O)c1C. The molecule has 0 aliphatic carbocycles. The van der Waals surface area contributed by atoms with Crippen molar-refractivity contribution in [3.63, 3.8) is 0 Å². The van der Waals surface area contributed by atoms with Crippen LogP contribution >= 0.6 is 0 Å². The Morgan fingerprint density at radius 3 is 2.32 bits per heavy atom. The lowest BCUT2D eigenvalue weighted by molar-refractivity contribution is 0.0696. The third kappa shape index (κ3) is 2.67. The van der Waals surface area contributed by atoms with Crippen molar-refractivity contribution in [1.82, 2.24) is 10.2 Å². The molecule has 0 spiro atoms. The molecule has 1 aromatic rings. The van der Waals surface area contributed by atoms with Gasteiger partial charge in [-0.25, -0.2) is 13.2 Å². The number of aromatic nitrogens is 2. The average Bonchev–Trinajstić information content (AvgIpc) is 2.32. The highest BCUT2D eigenvalue weighted by Gasteiger charge is 2.27. The van der Waals surface area contributed by atoms with Gasteiger partial charge in [0.1, 0.15) is 5.56 Å². The predicted octanol–water partition coefficient (Wildman–Crippen LogP) is 0.0264. The molecular formula is C11H15N3O4S. The summed E-state index contributed by atoms with van der Waals surface area (Å²) in [6.07, 6.45) is 0. The van der Waals surface area contributed by atoms with Crippen LogP contribution in [0.25, 0.3) is 0 Å². The van der Waals surface area contributed by atoms with Gasteiger partial charge in [0.05, 0.1) is 17.2 Å². The number of aromatic carboxylic acids is 1. The van der Waals surface area contributed by atoms with Crippen LogP contribution in [-0.4, -0.2) is 54.3 Å². The zero-order chi connectivity index (χ0) is 14.2. The van der Waals surface area contributed by atoms with Crippen LogP contribution < -0.4 is 4.90 Å². The summed E-state index contributed by atoms with van der Waals surface area (Å²) in [6.45, 7) is 3.87. The second-order valence-electron chi connectivity index (χ2n) is 4.55. The second kappa shape index (κ2) is 4.76. The maximum Gasteiger partial charge on any atom is 0.339 e. The molecule has 0 saturated carbocycles. The lowest BCUT2D eigenvalue weighted by atomic mass is 10.1. The van der Waals surface area contributed by atoms with Gasteiger partial charge in [-0.2, -0.15) is 5.10 Å². The van der Waals surface area contributed by atoms with E-state index >= 15 is 0 Å². The van der Waals surface area contributed by atoms with E-state index in [0.29, 0.717) is 11.3 Å². The van der Waals surface area contributed by atoms with Gasteiger partial charge < -0.3 is 10.0 Å². The lowest BCUT2D eigenvalue weighted by Crippen LogP contribution is -2.41. The molecule has 0 bridgehead atoms. The molecule has 104 valence electrons. The highest BCUT2D eigenvalue weighted by Crippen LogP contribution is 2.23. The predicted molar refractivity (Wildman–Crippen MR) is 69.3 cm³/mol. The van der Waals surface area contributed by atoms with E-state index in [0.717, 1.165) is 0 Å². The van der Waals surface area contributed by atoms with Crippen LogP contribution in [0.1, 0.15) is 21.6 Å². The van der Waals surface area contributed by atoms with Gasteiger partial charge in [-0.1, -0.05) is 0 Å². The van der Waals surface area contributed by atoms with E-state index in [9.17, 15) is 18.3 Å². The maximum atomic E-state index is 11.4. The van der Waals surface area contributed by atoms with Crippen LogP contribution in [0.2, 0.25) is 0 Å². The summed E-state index contributed by atoms with van der Waals surface area (Å²) < 4.78 is 22.8. The number of rotatable bonds is 2. The summed E-state index contributed by atoms with van der Waals surface area (Å²) >= 11 is 0. The molecule has 1 fully saturated rings. The van der Waals surface area contributed by atoms with Crippen LogP contribution in [0.4, 0.5) is 5.82 Å². The van der Waals surface area contributed by atoms with E-state index in [1.807, 2.05) is 0 Å². The number of anilines is 1. The van der Waals surface area contributed by atoms with Crippen molar-refractivity contribution in [1.29, 1.82) is 0 Å². The number of hydrogen-bond donors (Lipinski definition) is 1. The maximum absolute atomic E-state index is 11.4. The van der Waals surface area contributed by atoms with Crippen molar-refractivity contribution in [2.75, 3.05) is 29.5 Å². The van der Waals surface area contributed by atoms with Crippen molar-refractivity contribution in [3.8, 4) is 0 Å². The Balaban J connectivity index is 2.41. The van der Waals surface area contributed by atoms with Crippen molar-refractivity contribution in [3.05, 3.63) is 16.8 Å². The quantitative estimate of drug-likeness (QED) is 0.817. The zero-order valence-corrected chi connectivity index (χ0v) is 11.6. The molecule has 1 aliphatic heterocycles. The van der Waals surface area contributed by atoms with Gasteiger partial charge in [-0.15, -0.1) is 5.10 Å². The lowest BCUT2D eigenvalue weighted by Gasteiger charge is -2.28. The Bertz CT molecular complexity index is 613.